The number of hydrogen-bond donors (Lipinski definition) is 0. The van der Waals surface area contributed by atoms with E-state index in [2.05, 4.69) is 0 Å². The fourth-order valence-electron chi connectivity index (χ4n) is 1.56. The van der Waals surface area contributed by atoms with Gasteiger partial charge in [0.1, 0.15) is 15.4 Å². The molecule has 0 fully saturated rings. The first-order valence-corrected chi connectivity index (χ1v) is 5.92. The van der Waals surface area contributed by atoms with Crippen LogP contribution in [-0.4, -0.2) is 21.9 Å². The summed E-state index contributed by atoms with van der Waals surface area (Å²) in [6, 6.07) is 6.61. The third kappa shape index (κ3) is 2.58. The average Bonchev–Trinajstić information content (AvgIpc) is 2.39. The van der Waals surface area contributed by atoms with Crippen molar-refractivity contribution in [1.82, 2.24) is 0 Å². The summed E-state index contributed by atoms with van der Waals surface area (Å²) in [6.07, 6.45) is -0.253. The van der Waals surface area contributed by atoms with Crippen LogP contribution < -0.4 is 0 Å². The molecule has 1 aromatic carbocycles. The number of benzene rings is 1. The molecule has 0 saturated heterocycles. The zero-order valence-corrected chi connectivity index (χ0v) is 11.0. The van der Waals surface area contributed by atoms with E-state index in [9.17, 15) is 25.0 Å². The lowest BCUT2D eigenvalue weighted by Crippen LogP contribution is -2.52. The number of nitrogens with zero attached hydrogens (tertiary/aromatic N) is 2. The highest BCUT2D eigenvalue weighted by Gasteiger charge is 2.68. The molecule has 0 N–H and O–H groups in total. The molecule has 1 aromatic rings. The highest BCUT2D eigenvalue weighted by molar-refractivity contribution is 5.79. The number of hydrogen-bond acceptors (Lipinski definition) is 6. The normalized spacial score (nSPS) is 12.5. The number of carbonyl (C=O) groups is 1. The Balaban J connectivity index is 3.38. The summed E-state index contributed by atoms with van der Waals surface area (Å²) in [7, 11) is 0. The molecular formula is C12H14N2O6. The van der Waals surface area contributed by atoms with Crippen LogP contribution in [0.3, 0.4) is 0 Å². The Morgan fingerprint density at radius 1 is 1.25 bits per heavy atom. The van der Waals surface area contributed by atoms with Crippen molar-refractivity contribution in [1.29, 1.82) is 0 Å². The van der Waals surface area contributed by atoms with Crippen LogP contribution >= 0.6 is 0 Å². The smallest absolute Gasteiger partial charge is 0.452 e. The first-order valence-electron chi connectivity index (χ1n) is 5.92. The van der Waals surface area contributed by atoms with Crippen LogP contribution in [0.5, 0.6) is 0 Å². The summed E-state index contributed by atoms with van der Waals surface area (Å²) < 4.78 is 4.82. The fraction of sp³-hybridized carbons (Fsp3) is 0.417. The van der Waals surface area contributed by atoms with Crippen LogP contribution in [0.25, 0.3) is 0 Å². The summed E-state index contributed by atoms with van der Waals surface area (Å²) in [5, 5.41) is 22.5. The van der Waals surface area contributed by atoms with E-state index in [0.29, 0.717) is 6.42 Å². The van der Waals surface area contributed by atoms with Gasteiger partial charge >= 0.3 is 11.6 Å². The molecule has 0 aliphatic rings. The molecule has 0 saturated carbocycles. The largest absolute Gasteiger partial charge is 0.579 e. The van der Waals surface area contributed by atoms with Gasteiger partial charge in [0.05, 0.1) is 6.10 Å². The van der Waals surface area contributed by atoms with Gasteiger partial charge in [0.25, 0.3) is 0 Å². The standard InChI is InChI=1S/C12H14N2O6/c1-3-9(2)20-11(15)12(13(16)17,14(18)19)10-7-5-4-6-8-10/h4-9H,3H2,1-2H3. The Hall–Kier alpha value is -2.51. The second kappa shape index (κ2) is 6.09. The molecule has 0 amide bonds. The van der Waals surface area contributed by atoms with Gasteiger partial charge < -0.3 is 4.74 Å². The van der Waals surface area contributed by atoms with Gasteiger partial charge in [-0.3, -0.25) is 20.2 Å². The van der Waals surface area contributed by atoms with Gasteiger partial charge in [-0.1, -0.05) is 25.1 Å². The predicted molar refractivity (Wildman–Crippen MR) is 68.0 cm³/mol. The molecule has 1 atom stereocenters. The van der Waals surface area contributed by atoms with E-state index >= 15 is 0 Å². The number of ether oxygens (including phenoxy) is 1. The summed E-state index contributed by atoms with van der Waals surface area (Å²) in [6.45, 7) is 3.20. The Labute approximate surface area is 114 Å². The number of esters is 1. The van der Waals surface area contributed by atoms with Crippen molar-refractivity contribution in [2.45, 2.75) is 32.0 Å². The lowest BCUT2D eigenvalue weighted by Gasteiger charge is -2.18. The van der Waals surface area contributed by atoms with E-state index in [-0.39, 0.29) is 5.56 Å². The molecule has 0 bridgehead atoms. The van der Waals surface area contributed by atoms with Crippen molar-refractivity contribution in [3.05, 3.63) is 56.1 Å². The SMILES string of the molecule is CCC(C)OC(=O)C(c1ccccc1)([N+](=O)[O-])[N+](=O)[O-]. The van der Waals surface area contributed by atoms with E-state index in [1.807, 2.05) is 0 Å². The summed E-state index contributed by atoms with van der Waals surface area (Å²) in [4.78, 5) is 32.0. The van der Waals surface area contributed by atoms with Crippen LogP contribution in [-0.2, 0) is 15.2 Å². The van der Waals surface area contributed by atoms with E-state index in [1.165, 1.54) is 25.1 Å². The second-order valence-corrected chi connectivity index (χ2v) is 4.18. The maximum absolute atomic E-state index is 12.0. The Bertz CT molecular complexity index is 502. The fourth-order valence-corrected chi connectivity index (χ4v) is 1.56. The molecule has 8 heteroatoms. The lowest BCUT2D eigenvalue weighted by molar-refractivity contribution is -0.791. The number of nitro groups is 2. The van der Waals surface area contributed by atoms with Crippen LogP contribution in [0.2, 0.25) is 0 Å². The molecule has 0 spiro atoms. The third-order valence-corrected chi connectivity index (χ3v) is 2.87. The molecule has 0 heterocycles. The lowest BCUT2D eigenvalue weighted by atomic mass is 10.0. The molecule has 0 radical (unpaired) electrons. The minimum Gasteiger partial charge on any atom is -0.452 e. The quantitative estimate of drug-likeness (QED) is 0.340. The first-order chi connectivity index (χ1) is 9.37. The van der Waals surface area contributed by atoms with Gasteiger partial charge in [-0.2, -0.15) is 0 Å². The van der Waals surface area contributed by atoms with Crippen molar-refractivity contribution < 1.29 is 19.4 Å². The molecule has 0 aromatic heterocycles. The maximum Gasteiger partial charge on any atom is 0.579 e. The van der Waals surface area contributed by atoms with Crippen molar-refractivity contribution in [2.75, 3.05) is 0 Å². The molecule has 108 valence electrons. The molecule has 1 rings (SSSR count). The summed E-state index contributed by atoms with van der Waals surface area (Å²) in [5.74, 6) is -1.49. The second-order valence-electron chi connectivity index (χ2n) is 4.18. The van der Waals surface area contributed by atoms with Crippen LogP contribution in [0.4, 0.5) is 0 Å². The molecule has 1 unspecified atom stereocenters. The minimum atomic E-state index is -3.13. The highest BCUT2D eigenvalue weighted by Crippen LogP contribution is 2.28. The predicted octanol–water partition coefficient (Wildman–Crippen LogP) is 1.73. The van der Waals surface area contributed by atoms with Crippen LogP contribution in [0, 0.1) is 20.2 Å². The third-order valence-electron chi connectivity index (χ3n) is 2.87. The average molecular weight is 282 g/mol. The topological polar surface area (TPSA) is 113 Å². The van der Waals surface area contributed by atoms with Gasteiger partial charge in [-0.15, -0.1) is 0 Å². The van der Waals surface area contributed by atoms with Crippen molar-refractivity contribution in [2.24, 2.45) is 0 Å². The van der Waals surface area contributed by atoms with Crippen molar-refractivity contribution in [3.63, 3.8) is 0 Å². The Morgan fingerprint density at radius 3 is 2.15 bits per heavy atom. The molecular weight excluding hydrogens is 268 g/mol. The van der Waals surface area contributed by atoms with Crippen molar-refractivity contribution in [3.8, 4) is 0 Å². The highest BCUT2D eigenvalue weighted by atomic mass is 16.7. The number of carbonyl (C=O) groups excluding carboxylic acids is 1. The van der Waals surface area contributed by atoms with Crippen LogP contribution in [0.1, 0.15) is 25.8 Å². The van der Waals surface area contributed by atoms with E-state index in [1.54, 1.807) is 6.92 Å². The number of rotatable bonds is 6. The van der Waals surface area contributed by atoms with Gasteiger partial charge in [0.2, 0.25) is 0 Å². The molecule has 0 aliphatic carbocycles. The zero-order valence-electron chi connectivity index (χ0n) is 11.0. The Morgan fingerprint density at radius 2 is 1.75 bits per heavy atom. The minimum absolute atomic E-state index is 0.344. The van der Waals surface area contributed by atoms with Gasteiger partial charge in [-0.05, 0) is 25.5 Å². The Kier molecular flexibility index (Phi) is 4.73. The van der Waals surface area contributed by atoms with E-state index in [4.69, 9.17) is 4.74 Å². The van der Waals surface area contributed by atoms with Gasteiger partial charge in [0.15, 0.2) is 0 Å². The molecule has 0 aliphatic heterocycles. The van der Waals surface area contributed by atoms with Gasteiger partial charge in [-0.25, -0.2) is 4.79 Å². The first kappa shape index (κ1) is 15.5. The van der Waals surface area contributed by atoms with E-state index < -0.39 is 27.6 Å². The monoisotopic (exact) mass is 282 g/mol. The molecule has 8 nitrogen and oxygen atoms in total. The van der Waals surface area contributed by atoms with Gasteiger partial charge in [0, 0.05) is 0 Å². The van der Waals surface area contributed by atoms with E-state index in [0.717, 1.165) is 12.1 Å². The zero-order chi connectivity index (χ0) is 15.3. The molecule has 20 heavy (non-hydrogen) atoms. The van der Waals surface area contributed by atoms with Crippen LogP contribution in [0.15, 0.2) is 30.3 Å². The maximum atomic E-state index is 12.0. The summed E-state index contributed by atoms with van der Waals surface area (Å²) >= 11 is 0. The summed E-state index contributed by atoms with van der Waals surface area (Å²) in [5.41, 5.74) is -3.48. The van der Waals surface area contributed by atoms with Crippen molar-refractivity contribution >= 4 is 5.97 Å².